The Morgan fingerprint density at radius 2 is 1.29 bits per heavy atom. The van der Waals surface area contributed by atoms with Crippen molar-refractivity contribution in [3.8, 4) is 0 Å². The molecule has 0 saturated heterocycles. The maximum absolute atomic E-state index is 9.82. The minimum absolute atomic E-state index is 0.0838. The first-order valence-electron chi connectivity index (χ1n) is 6.64. The maximum Gasteiger partial charge on any atom is 0.0726 e. The van der Waals surface area contributed by atoms with E-state index in [-0.39, 0.29) is 23.0 Å². The van der Waals surface area contributed by atoms with Gasteiger partial charge in [0.25, 0.3) is 0 Å². The second kappa shape index (κ2) is 6.72. The summed E-state index contributed by atoms with van der Waals surface area (Å²) in [6.45, 7) is 16.6. The molecule has 1 fully saturated rings. The van der Waals surface area contributed by atoms with Crippen LogP contribution in [0.1, 0.15) is 48.5 Å². The van der Waals surface area contributed by atoms with E-state index in [1.807, 2.05) is 20.8 Å². The average Bonchev–Trinajstić information content (AvgIpc) is 2.26. The van der Waals surface area contributed by atoms with Crippen molar-refractivity contribution in [1.29, 1.82) is 0 Å². The van der Waals surface area contributed by atoms with Crippen LogP contribution in [-0.4, -0.2) is 37.1 Å². The molecule has 17 heavy (non-hydrogen) atoms. The molecular formula is C14H30O3. The van der Waals surface area contributed by atoms with Crippen LogP contribution in [0.3, 0.4) is 0 Å². The van der Waals surface area contributed by atoms with E-state index >= 15 is 0 Å². The van der Waals surface area contributed by atoms with Crippen LogP contribution in [0.4, 0.5) is 0 Å². The molecule has 3 heteroatoms. The second-order valence-electron chi connectivity index (χ2n) is 5.66. The van der Waals surface area contributed by atoms with Crippen LogP contribution >= 0.6 is 0 Å². The Morgan fingerprint density at radius 1 is 0.882 bits per heavy atom. The smallest absolute Gasteiger partial charge is 0.0726 e. The van der Waals surface area contributed by atoms with Gasteiger partial charge in [-0.1, -0.05) is 27.7 Å². The van der Waals surface area contributed by atoms with Crippen LogP contribution < -0.4 is 0 Å². The number of aliphatic hydroxyl groups is 1. The standard InChI is InChI=1S/C10H20O2.C4H10O/c1-6-12-8-9(2,3)7(11)10(8,4)5;1-3-5-4-2/h7-8,11H,6H2,1-5H3;3-4H2,1-2H3. The van der Waals surface area contributed by atoms with Crippen molar-refractivity contribution >= 4 is 0 Å². The fraction of sp³-hybridized carbons (Fsp3) is 1.00. The second-order valence-corrected chi connectivity index (χ2v) is 5.66. The zero-order valence-corrected chi connectivity index (χ0v) is 12.5. The Bertz CT molecular complexity index is 194. The van der Waals surface area contributed by atoms with Crippen molar-refractivity contribution in [3.63, 3.8) is 0 Å². The highest BCUT2D eigenvalue weighted by molar-refractivity contribution is 5.10. The molecule has 0 heterocycles. The zero-order valence-electron chi connectivity index (χ0n) is 12.5. The normalized spacial score (nSPS) is 28.9. The van der Waals surface area contributed by atoms with Gasteiger partial charge in [0.1, 0.15) is 0 Å². The largest absolute Gasteiger partial charge is 0.392 e. The molecule has 0 aromatic rings. The van der Waals surface area contributed by atoms with Gasteiger partial charge in [0, 0.05) is 30.7 Å². The lowest BCUT2D eigenvalue weighted by Crippen LogP contribution is -2.68. The Morgan fingerprint density at radius 3 is 1.53 bits per heavy atom. The first-order chi connectivity index (χ1) is 7.76. The van der Waals surface area contributed by atoms with E-state index < -0.39 is 0 Å². The van der Waals surface area contributed by atoms with Crippen molar-refractivity contribution in [2.24, 2.45) is 10.8 Å². The minimum atomic E-state index is -0.249. The van der Waals surface area contributed by atoms with Gasteiger partial charge in [-0.2, -0.15) is 0 Å². The van der Waals surface area contributed by atoms with E-state index in [0.717, 1.165) is 19.8 Å². The van der Waals surface area contributed by atoms with E-state index in [0.29, 0.717) is 0 Å². The van der Waals surface area contributed by atoms with Gasteiger partial charge < -0.3 is 14.6 Å². The molecule has 0 atom stereocenters. The topological polar surface area (TPSA) is 38.7 Å². The van der Waals surface area contributed by atoms with Gasteiger partial charge in [0.05, 0.1) is 12.2 Å². The van der Waals surface area contributed by atoms with Crippen molar-refractivity contribution in [2.45, 2.75) is 60.7 Å². The van der Waals surface area contributed by atoms with E-state index in [9.17, 15) is 5.11 Å². The summed E-state index contributed by atoms with van der Waals surface area (Å²) in [6, 6.07) is 0. The summed E-state index contributed by atoms with van der Waals surface area (Å²) in [6.07, 6.45) is -0.0634. The van der Waals surface area contributed by atoms with Crippen LogP contribution in [0.5, 0.6) is 0 Å². The summed E-state index contributed by atoms with van der Waals surface area (Å²) in [5.41, 5.74) is -0.168. The Labute approximate surface area is 107 Å². The Kier molecular flexibility index (Phi) is 6.67. The van der Waals surface area contributed by atoms with Gasteiger partial charge in [0.2, 0.25) is 0 Å². The fourth-order valence-electron chi connectivity index (χ4n) is 2.91. The molecule has 1 aliphatic carbocycles. The number of hydrogen-bond donors (Lipinski definition) is 1. The highest BCUT2D eigenvalue weighted by atomic mass is 16.5. The van der Waals surface area contributed by atoms with Crippen molar-refractivity contribution in [1.82, 2.24) is 0 Å². The predicted molar refractivity (Wildman–Crippen MR) is 71.1 cm³/mol. The van der Waals surface area contributed by atoms with Gasteiger partial charge in [0.15, 0.2) is 0 Å². The van der Waals surface area contributed by atoms with E-state index in [1.54, 1.807) is 0 Å². The predicted octanol–water partition coefficient (Wildman–Crippen LogP) is 2.86. The first-order valence-corrected chi connectivity index (χ1v) is 6.64. The SMILES string of the molecule is CCOC1C(C)(C)C(O)C1(C)C.CCOCC. The lowest BCUT2D eigenvalue weighted by molar-refractivity contribution is -0.265. The molecule has 1 aliphatic rings. The monoisotopic (exact) mass is 246 g/mol. The van der Waals surface area contributed by atoms with Gasteiger partial charge >= 0.3 is 0 Å². The summed E-state index contributed by atoms with van der Waals surface area (Å²) in [7, 11) is 0. The summed E-state index contributed by atoms with van der Waals surface area (Å²) < 4.78 is 10.5. The lowest BCUT2D eigenvalue weighted by Gasteiger charge is -2.61. The molecule has 0 radical (unpaired) electrons. The van der Waals surface area contributed by atoms with E-state index in [2.05, 4.69) is 27.7 Å². The van der Waals surface area contributed by atoms with Crippen LogP contribution in [-0.2, 0) is 9.47 Å². The molecule has 0 spiro atoms. The van der Waals surface area contributed by atoms with Crippen LogP contribution in [0.25, 0.3) is 0 Å². The third kappa shape index (κ3) is 3.67. The number of ether oxygens (including phenoxy) is 2. The highest BCUT2D eigenvalue weighted by Gasteiger charge is 2.61. The lowest BCUT2D eigenvalue weighted by atomic mass is 9.51. The minimum Gasteiger partial charge on any atom is -0.392 e. The van der Waals surface area contributed by atoms with Crippen molar-refractivity contribution in [3.05, 3.63) is 0 Å². The molecular weight excluding hydrogens is 216 g/mol. The molecule has 0 aliphatic heterocycles. The first kappa shape index (κ1) is 16.9. The van der Waals surface area contributed by atoms with Gasteiger partial charge in [-0.25, -0.2) is 0 Å². The summed E-state index contributed by atoms with van der Waals surface area (Å²) in [5.74, 6) is 0. The molecule has 3 nitrogen and oxygen atoms in total. The third-order valence-electron chi connectivity index (χ3n) is 3.50. The van der Waals surface area contributed by atoms with Gasteiger partial charge in [-0.05, 0) is 20.8 Å². The van der Waals surface area contributed by atoms with Gasteiger partial charge in [-0.3, -0.25) is 0 Å². The quantitative estimate of drug-likeness (QED) is 0.829. The van der Waals surface area contributed by atoms with E-state index in [4.69, 9.17) is 9.47 Å². The average molecular weight is 246 g/mol. The van der Waals surface area contributed by atoms with Crippen LogP contribution in [0, 0.1) is 10.8 Å². The Balaban J connectivity index is 0.000000437. The van der Waals surface area contributed by atoms with Crippen molar-refractivity contribution < 1.29 is 14.6 Å². The van der Waals surface area contributed by atoms with E-state index in [1.165, 1.54) is 0 Å². The number of aliphatic hydroxyl groups excluding tert-OH is 1. The van der Waals surface area contributed by atoms with Gasteiger partial charge in [-0.15, -0.1) is 0 Å². The zero-order chi connectivity index (χ0) is 13.7. The molecule has 0 aromatic carbocycles. The molecule has 1 saturated carbocycles. The molecule has 0 unspecified atom stereocenters. The Hall–Kier alpha value is -0.120. The molecule has 0 aromatic heterocycles. The summed E-state index contributed by atoms with van der Waals surface area (Å²) >= 11 is 0. The molecule has 0 amide bonds. The number of rotatable bonds is 4. The van der Waals surface area contributed by atoms with Crippen LogP contribution in [0.2, 0.25) is 0 Å². The molecule has 1 rings (SSSR count). The highest BCUT2D eigenvalue weighted by Crippen LogP contribution is 2.55. The fourth-order valence-corrected chi connectivity index (χ4v) is 2.91. The third-order valence-corrected chi connectivity index (χ3v) is 3.50. The van der Waals surface area contributed by atoms with Crippen molar-refractivity contribution in [2.75, 3.05) is 19.8 Å². The van der Waals surface area contributed by atoms with Crippen LogP contribution in [0.15, 0.2) is 0 Å². The maximum atomic E-state index is 9.82. The molecule has 0 bridgehead atoms. The molecule has 1 N–H and O–H groups in total. The summed E-state index contributed by atoms with van der Waals surface area (Å²) in [4.78, 5) is 0. The summed E-state index contributed by atoms with van der Waals surface area (Å²) in [5, 5.41) is 9.82. The number of hydrogen-bond acceptors (Lipinski definition) is 3. The molecule has 104 valence electrons.